The summed E-state index contributed by atoms with van der Waals surface area (Å²) in [7, 11) is 0. The number of phenols is 4. The molecule has 0 amide bonds. The number of hydrogen-bond acceptors (Lipinski definition) is 6. The summed E-state index contributed by atoms with van der Waals surface area (Å²) in [6.45, 7) is 0. The molecule has 1 heterocycles. The number of ether oxygens (including phenoxy) is 1. The van der Waals surface area contributed by atoms with Crippen molar-refractivity contribution in [3.05, 3.63) is 29.8 Å². The minimum atomic E-state index is -0.648. The van der Waals surface area contributed by atoms with Gasteiger partial charge < -0.3 is 25.2 Å². The van der Waals surface area contributed by atoms with Crippen LogP contribution in [0.2, 0.25) is 0 Å². The Morgan fingerprint density at radius 3 is 1.87 bits per heavy atom. The van der Waals surface area contributed by atoms with Crippen molar-refractivity contribution in [3.8, 4) is 28.7 Å². The van der Waals surface area contributed by atoms with E-state index >= 15 is 0 Å². The summed E-state index contributed by atoms with van der Waals surface area (Å²) in [5, 5.41) is 41.4. The Balaban J connectivity index is 2.22. The van der Waals surface area contributed by atoms with E-state index in [0.29, 0.717) is 45.6 Å². The molecule has 6 heteroatoms. The average Bonchev–Trinajstić information content (AvgIpc) is 2.96. The van der Waals surface area contributed by atoms with Crippen molar-refractivity contribution in [2.24, 2.45) is 0 Å². The second-order valence-corrected chi connectivity index (χ2v) is 5.58. The molecule has 0 fully saturated rings. The van der Waals surface area contributed by atoms with Gasteiger partial charge in [-0.3, -0.25) is 4.79 Å². The van der Waals surface area contributed by atoms with Crippen LogP contribution < -0.4 is 4.74 Å². The molecule has 1 atom stereocenters. The molecule has 6 nitrogen and oxygen atoms in total. The van der Waals surface area contributed by atoms with Gasteiger partial charge in [0.05, 0.1) is 0 Å². The zero-order chi connectivity index (χ0) is 16.3. The van der Waals surface area contributed by atoms with E-state index in [0.717, 1.165) is 0 Å². The number of carbonyl (C=O) groups excluding carboxylic acids is 1. The molecule has 3 aromatic rings. The molecule has 0 radical (unpaired) electrons. The molecule has 0 bridgehead atoms. The van der Waals surface area contributed by atoms with Gasteiger partial charge in [0.2, 0.25) is 0 Å². The highest BCUT2D eigenvalue weighted by Crippen LogP contribution is 2.47. The second kappa shape index (κ2) is 4.42. The number of hydrogen-bond donors (Lipinski definition) is 4. The highest BCUT2D eigenvalue weighted by atomic mass is 16.5. The predicted molar refractivity (Wildman–Crippen MR) is 82.3 cm³/mol. The third kappa shape index (κ3) is 1.78. The van der Waals surface area contributed by atoms with Crippen LogP contribution in [0.5, 0.6) is 28.7 Å². The van der Waals surface area contributed by atoms with Gasteiger partial charge in [-0.15, -0.1) is 0 Å². The molecule has 3 aromatic carbocycles. The summed E-state index contributed by atoms with van der Waals surface area (Å²) in [4.78, 5) is 11.1. The van der Waals surface area contributed by atoms with Crippen LogP contribution >= 0.6 is 0 Å². The number of fused-ring (bicyclic) bond motifs is 6. The van der Waals surface area contributed by atoms with E-state index in [1.54, 1.807) is 0 Å². The Morgan fingerprint density at radius 1 is 0.826 bits per heavy atom. The number of rotatable bonds is 1. The second-order valence-electron chi connectivity index (χ2n) is 5.58. The summed E-state index contributed by atoms with van der Waals surface area (Å²) in [5.41, 5.74) is 0.713. The van der Waals surface area contributed by atoms with E-state index in [4.69, 9.17) is 4.74 Å². The number of aldehydes is 1. The molecular formula is C17H12O6. The lowest BCUT2D eigenvalue weighted by molar-refractivity contribution is -0.113. The third-order valence-corrected chi connectivity index (χ3v) is 4.19. The number of aromatic hydroxyl groups is 4. The van der Waals surface area contributed by atoms with Gasteiger partial charge in [0.15, 0.2) is 35.4 Å². The van der Waals surface area contributed by atoms with Crippen molar-refractivity contribution in [3.63, 3.8) is 0 Å². The molecule has 0 saturated heterocycles. The largest absolute Gasteiger partial charge is 0.504 e. The van der Waals surface area contributed by atoms with Crippen LogP contribution in [-0.2, 0) is 11.2 Å². The minimum absolute atomic E-state index is 0.281. The molecule has 116 valence electrons. The van der Waals surface area contributed by atoms with E-state index in [9.17, 15) is 25.2 Å². The lowest BCUT2D eigenvalue weighted by Crippen LogP contribution is -2.13. The zero-order valence-corrected chi connectivity index (χ0v) is 11.8. The smallest absolute Gasteiger partial charge is 0.160 e. The molecule has 0 spiro atoms. The standard InChI is InChI=1S/C17H12O6/c18-6-7-1-11-9-3-14(20)13(19)2-8(9)10-4-15(21)16(22)5-12(10)17(11)23-7/h2-7,19-22H,1H2. The summed E-state index contributed by atoms with van der Waals surface area (Å²) < 4.78 is 5.64. The van der Waals surface area contributed by atoms with Crippen LogP contribution in [0, 0.1) is 0 Å². The maximum absolute atomic E-state index is 11.1. The number of phenolic OH excluding ortho intramolecular Hbond substituents is 4. The van der Waals surface area contributed by atoms with Gasteiger partial charge in [0.25, 0.3) is 0 Å². The third-order valence-electron chi connectivity index (χ3n) is 4.19. The Labute approximate surface area is 129 Å². The van der Waals surface area contributed by atoms with Crippen molar-refractivity contribution < 1.29 is 30.0 Å². The van der Waals surface area contributed by atoms with Crippen LogP contribution in [0.1, 0.15) is 5.56 Å². The van der Waals surface area contributed by atoms with Crippen molar-refractivity contribution in [1.29, 1.82) is 0 Å². The molecule has 1 aliphatic rings. The van der Waals surface area contributed by atoms with Gasteiger partial charge >= 0.3 is 0 Å². The maximum atomic E-state index is 11.1. The first-order valence-corrected chi connectivity index (χ1v) is 6.97. The van der Waals surface area contributed by atoms with Crippen LogP contribution in [0.15, 0.2) is 24.3 Å². The first-order chi connectivity index (χ1) is 11.0. The average molecular weight is 312 g/mol. The van der Waals surface area contributed by atoms with E-state index in [2.05, 4.69) is 0 Å². The van der Waals surface area contributed by atoms with Gasteiger partial charge in [0.1, 0.15) is 5.75 Å². The van der Waals surface area contributed by atoms with E-state index in [-0.39, 0.29) is 23.0 Å². The molecule has 0 aliphatic carbocycles. The van der Waals surface area contributed by atoms with Crippen LogP contribution in [0.25, 0.3) is 21.5 Å². The molecule has 1 unspecified atom stereocenters. The van der Waals surface area contributed by atoms with Gasteiger partial charge in [-0.1, -0.05) is 0 Å². The van der Waals surface area contributed by atoms with E-state index in [1.165, 1.54) is 24.3 Å². The molecule has 0 aromatic heterocycles. The topological polar surface area (TPSA) is 107 Å². The minimum Gasteiger partial charge on any atom is -0.504 e. The predicted octanol–water partition coefficient (Wildman–Crippen LogP) is 2.32. The fraction of sp³-hybridized carbons (Fsp3) is 0.118. The molecule has 4 rings (SSSR count). The summed E-state index contributed by atoms with van der Waals surface area (Å²) in [6, 6.07) is 5.52. The molecule has 23 heavy (non-hydrogen) atoms. The Kier molecular flexibility index (Phi) is 2.60. The highest BCUT2D eigenvalue weighted by molar-refractivity contribution is 6.14. The van der Waals surface area contributed by atoms with Gasteiger partial charge in [-0.05, 0) is 40.4 Å². The van der Waals surface area contributed by atoms with Crippen LogP contribution in [0.4, 0.5) is 0 Å². The fourth-order valence-electron chi connectivity index (χ4n) is 3.13. The van der Waals surface area contributed by atoms with Crippen LogP contribution in [-0.4, -0.2) is 32.8 Å². The SMILES string of the molecule is O=CC1Cc2c(c3cc(O)c(O)cc3c3cc(O)c(O)cc23)O1. The van der Waals surface area contributed by atoms with E-state index in [1.807, 2.05) is 0 Å². The molecular weight excluding hydrogens is 300 g/mol. The highest BCUT2D eigenvalue weighted by Gasteiger charge is 2.28. The lowest BCUT2D eigenvalue weighted by Gasteiger charge is -2.13. The Bertz CT molecular complexity index is 915. The van der Waals surface area contributed by atoms with Crippen molar-refractivity contribution in [1.82, 2.24) is 0 Å². The zero-order valence-electron chi connectivity index (χ0n) is 11.8. The van der Waals surface area contributed by atoms with Gasteiger partial charge in [-0.25, -0.2) is 0 Å². The Hall–Kier alpha value is -3.15. The first-order valence-electron chi connectivity index (χ1n) is 6.97. The summed E-state index contributed by atoms with van der Waals surface area (Å²) in [5.74, 6) is -0.754. The van der Waals surface area contributed by atoms with Gasteiger partial charge in [0, 0.05) is 17.4 Å². The normalized spacial score (nSPS) is 16.4. The summed E-state index contributed by atoms with van der Waals surface area (Å²) >= 11 is 0. The van der Waals surface area contributed by atoms with E-state index < -0.39 is 6.10 Å². The Morgan fingerprint density at radius 2 is 1.30 bits per heavy atom. The molecule has 0 saturated carbocycles. The molecule has 1 aliphatic heterocycles. The molecule has 4 N–H and O–H groups in total. The van der Waals surface area contributed by atoms with Crippen LogP contribution in [0.3, 0.4) is 0 Å². The van der Waals surface area contributed by atoms with Crippen molar-refractivity contribution in [2.45, 2.75) is 12.5 Å². The van der Waals surface area contributed by atoms with Crippen molar-refractivity contribution >= 4 is 27.8 Å². The maximum Gasteiger partial charge on any atom is 0.160 e. The lowest BCUT2D eigenvalue weighted by atomic mass is 9.94. The fourth-order valence-corrected chi connectivity index (χ4v) is 3.13. The number of carbonyl (C=O) groups is 1. The van der Waals surface area contributed by atoms with Gasteiger partial charge in [-0.2, -0.15) is 0 Å². The summed E-state index contributed by atoms with van der Waals surface area (Å²) in [6.07, 6.45) is 0.376. The first kappa shape index (κ1) is 13.5. The number of benzene rings is 3. The van der Waals surface area contributed by atoms with Crippen molar-refractivity contribution in [2.75, 3.05) is 0 Å². The quantitative estimate of drug-likeness (QED) is 0.312. The monoisotopic (exact) mass is 312 g/mol.